The van der Waals surface area contributed by atoms with Crippen LogP contribution in [-0.4, -0.2) is 23.5 Å². The van der Waals surface area contributed by atoms with Crippen LogP contribution < -0.4 is 10.1 Å². The predicted molar refractivity (Wildman–Crippen MR) is 53.0 cm³/mol. The molecule has 0 saturated carbocycles. The quantitative estimate of drug-likeness (QED) is 0.761. The molecule has 0 fully saturated rings. The standard InChI is InChI=1S/C10H13FN2O2/c1-7(2)13-9(14)6-15-8-4-3-5-12-10(8)11/h3-5,7H,6H2,1-2H3,(H,13,14). The molecule has 1 aromatic rings. The van der Waals surface area contributed by atoms with Gasteiger partial charge in [0.1, 0.15) is 0 Å². The lowest BCUT2D eigenvalue weighted by atomic mass is 10.4. The van der Waals surface area contributed by atoms with E-state index < -0.39 is 5.95 Å². The molecule has 0 atom stereocenters. The van der Waals surface area contributed by atoms with Gasteiger partial charge in [-0.3, -0.25) is 4.79 Å². The van der Waals surface area contributed by atoms with Crippen LogP contribution in [0.25, 0.3) is 0 Å². The Morgan fingerprint density at radius 1 is 1.67 bits per heavy atom. The maximum Gasteiger partial charge on any atom is 0.258 e. The molecule has 0 saturated heterocycles. The van der Waals surface area contributed by atoms with E-state index in [1.807, 2.05) is 13.8 Å². The molecule has 4 nitrogen and oxygen atoms in total. The second kappa shape index (κ2) is 5.29. The summed E-state index contributed by atoms with van der Waals surface area (Å²) in [6, 6.07) is 3.00. The van der Waals surface area contributed by atoms with Gasteiger partial charge in [0.15, 0.2) is 12.4 Å². The number of rotatable bonds is 4. The average molecular weight is 212 g/mol. The van der Waals surface area contributed by atoms with E-state index in [2.05, 4.69) is 10.3 Å². The van der Waals surface area contributed by atoms with Crippen molar-refractivity contribution < 1.29 is 13.9 Å². The van der Waals surface area contributed by atoms with Crippen molar-refractivity contribution in [3.05, 3.63) is 24.3 Å². The number of carbonyl (C=O) groups excluding carboxylic acids is 1. The Morgan fingerprint density at radius 2 is 2.40 bits per heavy atom. The summed E-state index contributed by atoms with van der Waals surface area (Å²) in [7, 11) is 0. The summed E-state index contributed by atoms with van der Waals surface area (Å²) in [5, 5.41) is 2.63. The zero-order chi connectivity index (χ0) is 11.3. The van der Waals surface area contributed by atoms with Crippen molar-refractivity contribution in [2.75, 3.05) is 6.61 Å². The Balaban J connectivity index is 2.44. The maximum atomic E-state index is 12.9. The first-order valence-corrected chi connectivity index (χ1v) is 4.62. The number of hydrogen-bond donors (Lipinski definition) is 1. The van der Waals surface area contributed by atoms with Crippen LogP contribution in [0.3, 0.4) is 0 Å². The summed E-state index contributed by atoms with van der Waals surface area (Å²) in [6.07, 6.45) is 1.32. The zero-order valence-corrected chi connectivity index (χ0v) is 8.66. The number of ether oxygens (including phenoxy) is 1. The van der Waals surface area contributed by atoms with Gasteiger partial charge < -0.3 is 10.1 Å². The number of carbonyl (C=O) groups is 1. The Bertz CT molecular complexity index is 342. The first-order valence-electron chi connectivity index (χ1n) is 4.62. The van der Waals surface area contributed by atoms with Crippen LogP contribution in [0.5, 0.6) is 5.75 Å². The molecule has 0 aliphatic heterocycles. The molecule has 1 rings (SSSR count). The van der Waals surface area contributed by atoms with E-state index in [4.69, 9.17) is 4.74 Å². The lowest BCUT2D eigenvalue weighted by Gasteiger charge is -2.09. The number of pyridine rings is 1. The molecule has 1 heterocycles. The summed E-state index contributed by atoms with van der Waals surface area (Å²) >= 11 is 0. The van der Waals surface area contributed by atoms with Crippen molar-refractivity contribution in [1.82, 2.24) is 10.3 Å². The summed E-state index contributed by atoms with van der Waals surface area (Å²) < 4.78 is 17.9. The second-order valence-electron chi connectivity index (χ2n) is 3.30. The molecule has 0 spiro atoms. The molecular weight excluding hydrogens is 199 g/mol. The fraction of sp³-hybridized carbons (Fsp3) is 0.400. The molecule has 0 aliphatic rings. The van der Waals surface area contributed by atoms with Gasteiger partial charge >= 0.3 is 0 Å². The Kier molecular flexibility index (Phi) is 4.03. The van der Waals surface area contributed by atoms with Gasteiger partial charge in [0.05, 0.1) is 0 Å². The third kappa shape index (κ3) is 3.93. The number of amides is 1. The first kappa shape index (κ1) is 11.4. The minimum absolute atomic E-state index is 0.0172. The largest absolute Gasteiger partial charge is 0.479 e. The third-order valence-corrected chi connectivity index (χ3v) is 1.53. The van der Waals surface area contributed by atoms with E-state index in [-0.39, 0.29) is 24.3 Å². The first-order chi connectivity index (χ1) is 7.09. The van der Waals surface area contributed by atoms with Crippen LogP contribution in [0.2, 0.25) is 0 Å². The van der Waals surface area contributed by atoms with Gasteiger partial charge in [0.2, 0.25) is 0 Å². The fourth-order valence-electron chi connectivity index (χ4n) is 0.986. The van der Waals surface area contributed by atoms with Crippen molar-refractivity contribution in [2.24, 2.45) is 0 Å². The molecule has 0 unspecified atom stereocenters. The molecule has 15 heavy (non-hydrogen) atoms. The van der Waals surface area contributed by atoms with Gasteiger partial charge in [0, 0.05) is 12.2 Å². The normalized spacial score (nSPS) is 10.1. The minimum Gasteiger partial charge on any atom is -0.479 e. The molecule has 1 N–H and O–H groups in total. The van der Waals surface area contributed by atoms with Crippen LogP contribution in [0.15, 0.2) is 18.3 Å². The van der Waals surface area contributed by atoms with Crippen molar-refractivity contribution in [2.45, 2.75) is 19.9 Å². The maximum absolute atomic E-state index is 12.9. The van der Waals surface area contributed by atoms with E-state index in [0.29, 0.717) is 0 Å². The Morgan fingerprint density at radius 3 is 3.00 bits per heavy atom. The van der Waals surface area contributed by atoms with Crippen LogP contribution in [0, 0.1) is 5.95 Å². The van der Waals surface area contributed by atoms with Gasteiger partial charge in [-0.15, -0.1) is 0 Å². The summed E-state index contributed by atoms with van der Waals surface area (Å²) in [5.41, 5.74) is 0. The van der Waals surface area contributed by atoms with Gasteiger partial charge in [-0.05, 0) is 26.0 Å². The Labute approximate surface area is 87.5 Å². The summed E-state index contributed by atoms with van der Waals surface area (Å²) in [4.78, 5) is 14.6. The van der Waals surface area contributed by atoms with E-state index in [0.717, 1.165) is 0 Å². The fourth-order valence-corrected chi connectivity index (χ4v) is 0.986. The molecular formula is C10H13FN2O2. The van der Waals surface area contributed by atoms with Gasteiger partial charge in [0.25, 0.3) is 11.9 Å². The number of nitrogens with zero attached hydrogens (tertiary/aromatic N) is 1. The van der Waals surface area contributed by atoms with Crippen molar-refractivity contribution in [3.8, 4) is 5.75 Å². The van der Waals surface area contributed by atoms with Gasteiger partial charge in [-0.25, -0.2) is 4.98 Å². The number of nitrogens with one attached hydrogen (secondary N) is 1. The van der Waals surface area contributed by atoms with Gasteiger partial charge in [-0.1, -0.05) is 0 Å². The minimum atomic E-state index is -0.713. The van der Waals surface area contributed by atoms with E-state index >= 15 is 0 Å². The topological polar surface area (TPSA) is 51.2 Å². The monoisotopic (exact) mass is 212 g/mol. The van der Waals surface area contributed by atoms with E-state index in [1.165, 1.54) is 12.3 Å². The van der Waals surface area contributed by atoms with Crippen molar-refractivity contribution in [3.63, 3.8) is 0 Å². The molecule has 0 radical (unpaired) electrons. The lowest BCUT2D eigenvalue weighted by molar-refractivity contribution is -0.123. The highest BCUT2D eigenvalue weighted by atomic mass is 19.1. The highest BCUT2D eigenvalue weighted by Crippen LogP contribution is 2.12. The number of halogens is 1. The van der Waals surface area contributed by atoms with E-state index in [9.17, 15) is 9.18 Å². The molecule has 1 aromatic heterocycles. The predicted octanol–water partition coefficient (Wildman–Crippen LogP) is 1.12. The second-order valence-corrected chi connectivity index (χ2v) is 3.30. The van der Waals surface area contributed by atoms with Crippen LogP contribution in [0.4, 0.5) is 4.39 Å². The molecule has 0 aromatic carbocycles. The molecule has 0 aliphatic carbocycles. The molecule has 0 bridgehead atoms. The number of hydrogen-bond acceptors (Lipinski definition) is 3. The average Bonchev–Trinajstić information content (AvgIpc) is 2.15. The van der Waals surface area contributed by atoms with Crippen molar-refractivity contribution >= 4 is 5.91 Å². The smallest absolute Gasteiger partial charge is 0.258 e. The van der Waals surface area contributed by atoms with Crippen LogP contribution in [-0.2, 0) is 4.79 Å². The van der Waals surface area contributed by atoms with Crippen LogP contribution >= 0.6 is 0 Å². The van der Waals surface area contributed by atoms with Crippen LogP contribution in [0.1, 0.15) is 13.8 Å². The molecule has 5 heteroatoms. The number of aromatic nitrogens is 1. The SMILES string of the molecule is CC(C)NC(=O)COc1cccnc1F. The third-order valence-electron chi connectivity index (χ3n) is 1.53. The highest BCUT2D eigenvalue weighted by molar-refractivity contribution is 5.77. The molecule has 1 amide bonds. The Hall–Kier alpha value is -1.65. The highest BCUT2D eigenvalue weighted by Gasteiger charge is 2.07. The van der Waals surface area contributed by atoms with Crippen molar-refractivity contribution in [1.29, 1.82) is 0 Å². The summed E-state index contributed by atoms with van der Waals surface area (Å²) in [5.74, 6) is -1.01. The molecule has 82 valence electrons. The van der Waals surface area contributed by atoms with E-state index in [1.54, 1.807) is 6.07 Å². The van der Waals surface area contributed by atoms with Gasteiger partial charge in [-0.2, -0.15) is 4.39 Å². The summed E-state index contributed by atoms with van der Waals surface area (Å²) in [6.45, 7) is 3.46. The zero-order valence-electron chi connectivity index (χ0n) is 8.66. The lowest BCUT2D eigenvalue weighted by Crippen LogP contribution is -2.34.